The second-order valence-electron chi connectivity index (χ2n) is 4.19. The van der Waals surface area contributed by atoms with Crippen LogP contribution in [0.2, 0.25) is 0 Å². The summed E-state index contributed by atoms with van der Waals surface area (Å²) in [7, 11) is 0. The van der Waals surface area contributed by atoms with Gasteiger partial charge in [0, 0.05) is 10.2 Å². The lowest BCUT2D eigenvalue weighted by molar-refractivity contribution is -0.123. The first kappa shape index (κ1) is 17.9. The molecule has 2 amide bonds. The minimum atomic E-state index is -0.924. The molecule has 5 nitrogen and oxygen atoms in total. The van der Waals surface area contributed by atoms with Gasteiger partial charge in [-0.15, -0.1) is 12.4 Å². The Balaban J connectivity index is 0.00000324. The molecule has 0 aromatic heterocycles. The van der Waals surface area contributed by atoms with Crippen LogP contribution >= 0.6 is 28.3 Å². The maximum absolute atomic E-state index is 11.7. The van der Waals surface area contributed by atoms with E-state index in [4.69, 9.17) is 11.5 Å². The Hall–Kier alpha value is -1.11. The number of nitrogens with two attached hydrogens (primary N) is 2. The van der Waals surface area contributed by atoms with Crippen molar-refractivity contribution in [1.29, 1.82) is 0 Å². The summed E-state index contributed by atoms with van der Waals surface area (Å²) in [6, 6.07) is 2.73. The molecule has 106 valence electrons. The van der Waals surface area contributed by atoms with Gasteiger partial charge in [-0.2, -0.15) is 0 Å². The Labute approximate surface area is 126 Å². The van der Waals surface area contributed by atoms with Gasteiger partial charge >= 0.3 is 0 Å². The number of rotatable bonds is 4. The van der Waals surface area contributed by atoms with Gasteiger partial charge in [-0.25, -0.2) is 0 Å². The van der Waals surface area contributed by atoms with Crippen LogP contribution in [-0.4, -0.2) is 17.9 Å². The van der Waals surface area contributed by atoms with Crippen molar-refractivity contribution in [3.8, 4) is 0 Å². The van der Waals surface area contributed by atoms with Gasteiger partial charge in [0.1, 0.15) is 0 Å². The topological polar surface area (TPSA) is 98.2 Å². The van der Waals surface area contributed by atoms with E-state index in [0.717, 1.165) is 15.6 Å². The lowest BCUT2D eigenvalue weighted by Gasteiger charge is -2.12. The summed E-state index contributed by atoms with van der Waals surface area (Å²) >= 11 is 3.44. The van der Waals surface area contributed by atoms with Crippen LogP contribution in [-0.2, 0) is 9.59 Å². The first-order valence-corrected chi connectivity index (χ1v) is 6.22. The van der Waals surface area contributed by atoms with E-state index in [9.17, 15) is 9.59 Å². The quantitative estimate of drug-likeness (QED) is 0.769. The highest BCUT2D eigenvalue weighted by Crippen LogP contribution is 2.25. The normalized spacial score (nSPS) is 11.4. The van der Waals surface area contributed by atoms with Crippen LogP contribution in [0.3, 0.4) is 0 Å². The van der Waals surface area contributed by atoms with E-state index in [0.29, 0.717) is 5.69 Å². The van der Waals surface area contributed by atoms with Crippen molar-refractivity contribution in [2.24, 2.45) is 11.5 Å². The maximum Gasteiger partial charge on any atom is 0.241 e. The van der Waals surface area contributed by atoms with Gasteiger partial charge in [0.05, 0.1) is 12.5 Å². The summed E-state index contributed by atoms with van der Waals surface area (Å²) in [5.41, 5.74) is 13.2. The van der Waals surface area contributed by atoms with Gasteiger partial charge in [0.15, 0.2) is 0 Å². The van der Waals surface area contributed by atoms with E-state index in [2.05, 4.69) is 21.2 Å². The van der Waals surface area contributed by atoms with Gasteiger partial charge in [0.25, 0.3) is 0 Å². The Kier molecular flexibility index (Phi) is 7.04. The molecule has 0 aliphatic carbocycles. The van der Waals surface area contributed by atoms with E-state index in [1.807, 2.05) is 26.0 Å². The summed E-state index contributed by atoms with van der Waals surface area (Å²) in [4.78, 5) is 22.4. The average molecular weight is 351 g/mol. The molecule has 1 atom stereocenters. The highest BCUT2D eigenvalue weighted by molar-refractivity contribution is 9.10. The van der Waals surface area contributed by atoms with Gasteiger partial charge in [-0.05, 0) is 37.1 Å². The highest BCUT2D eigenvalue weighted by Gasteiger charge is 2.16. The molecule has 7 heteroatoms. The Morgan fingerprint density at radius 3 is 2.21 bits per heavy atom. The molecular formula is C12H17BrClN3O2. The molecule has 0 radical (unpaired) electrons. The first-order valence-electron chi connectivity index (χ1n) is 5.42. The first-order chi connectivity index (χ1) is 8.31. The van der Waals surface area contributed by atoms with Gasteiger partial charge in [0.2, 0.25) is 11.8 Å². The third-order valence-electron chi connectivity index (χ3n) is 2.46. The van der Waals surface area contributed by atoms with Crippen LogP contribution < -0.4 is 16.8 Å². The molecule has 0 heterocycles. The predicted molar refractivity (Wildman–Crippen MR) is 81.3 cm³/mol. The summed E-state index contributed by atoms with van der Waals surface area (Å²) in [6.07, 6.45) is -0.166. The molecule has 1 rings (SSSR count). The highest BCUT2D eigenvalue weighted by atomic mass is 79.9. The monoisotopic (exact) mass is 349 g/mol. The molecule has 0 aliphatic rings. The third-order valence-corrected chi connectivity index (χ3v) is 3.71. The molecular weight excluding hydrogens is 334 g/mol. The second-order valence-corrected chi connectivity index (χ2v) is 4.98. The number of halogens is 2. The minimum Gasteiger partial charge on any atom is -0.370 e. The number of hydrogen-bond acceptors (Lipinski definition) is 3. The second kappa shape index (κ2) is 7.47. The van der Waals surface area contributed by atoms with Crippen LogP contribution in [0.5, 0.6) is 0 Å². The lowest BCUT2D eigenvalue weighted by Crippen LogP contribution is -2.39. The zero-order valence-electron chi connectivity index (χ0n) is 10.7. The van der Waals surface area contributed by atoms with Crippen LogP contribution in [0.4, 0.5) is 5.69 Å². The SMILES string of the molecule is Cc1cc(NC(=O)C(N)CC(N)=O)cc(C)c1Br.Cl. The average Bonchev–Trinajstić information content (AvgIpc) is 2.24. The Morgan fingerprint density at radius 1 is 1.32 bits per heavy atom. The van der Waals surface area contributed by atoms with Crippen molar-refractivity contribution < 1.29 is 9.59 Å². The molecule has 0 fully saturated rings. The largest absolute Gasteiger partial charge is 0.370 e. The third kappa shape index (κ3) is 5.18. The number of hydrogen-bond donors (Lipinski definition) is 3. The summed E-state index contributed by atoms with van der Waals surface area (Å²) in [5, 5.41) is 2.66. The smallest absolute Gasteiger partial charge is 0.241 e. The zero-order valence-corrected chi connectivity index (χ0v) is 13.1. The molecule has 1 aromatic carbocycles. The minimum absolute atomic E-state index is 0. The Morgan fingerprint density at radius 2 is 1.79 bits per heavy atom. The van der Waals surface area contributed by atoms with Crippen LogP contribution in [0.25, 0.3) is 0 Å². The van der Waals surface area contributed by atoms with E-state index < -0.39 is 17.9 Å². The number of benzene rings is 1. The maximum atomic E-state index is 11.7. The number of amides is 2. The van der Waals surface area contributed by atoms with Crippen molar-refractivity contribution in [3.63, 3.8) is 0 Å². The number of primary amides is 1. The van der Waals surface area contributed by atoms with Crippen LogP contribution in [0.1, 0.15) is 17.5 Å². The lowest BCUT2D eigenvalue weighted by atomic mass is 10.1. The molecule has 5 N–H and O–H groups in total. The van der Waals surface area contributed by atoms with Crippen molar-refractivity contribution in [1.82, 2.24) is 0 Å². The van der Waals surface area contributed by atoms with Crippen LogP contribution in [0, 0.1) is 13.8 Å². The van der Waals surface area contributed by atoms with E-state index in [-0.39, 0.29) is 18.8 Å². The molecule has 0 saturated carbocycles. The number of anilines is 1. The van der Waals surface area contributed by atoms with Crippen molar-refractivity contribution >= 4 is 45.8 Å². The Bertz CT molecular complexity index is 471. The van der Waals surface area contributed by atoms with E-state index in [1.165, 1.54) is 0 Å². The fourth-order valence-corrected chi connectivity index (χ4v) is 1.79. The summed E-state index contributed by atoms with van der Waals surface area (Å²) in [5.74, 6) is -1.02. The fraction of sp³-hybridized carbons (Fsp3) is 0.333. The van der Waals surface area contributed by atoms with E-state index >= 15 is 0 Å². The van der Waals surface area contributed by atoms with Crippen LogP contribution in [0.15, 0.2) is 16.6 Å². The summed E-state index contributed by atoms with van der Waals surface area (Å²) < 4.78 is 1.00. The fourth-order valence-electron chi connectivity index (χ4n) is 1.56. The molecule has 1 unspecified atom stereocenters. The molecule has 1 aromatic rings. The number of carbonyl (C=O) groups is 2. The molecule has 0 saturated heterocycles. The summed E-state index contributed by atoms with van der Waals surface area (Å²) in [6.45, 7) is 3.85. The van der Waals surface area contributed by atoms with Gasteiger partial charge in [-0.3, -0.25) is 9.59 Å². The van der Waals surface area contributed by atoms with Crippen molar-refractivity contribution in [3.05, 3.63) is 27.7 Å². The van der Waals surface area contributed by atoms with Crippen molar-refractivity contribution in [2.45, 2.75) is 26.3 Å². The predicted octanol–water partition coefficient (Wildman–Crippen LogP) is 1.63. The number of nitrogens with one attached hydrogen (secondary N) is 1. The standard InChI is InChI=1S/C12H16BrN3O2.ClH/c1-6-3-8(4-7(2)11(6)13)16-12(18)9(14)5-10(15)17;/h3-4,9H,5,14H2,1-2H3,(H2,15,17)(H,16,18);1H. The molecule has 0 spiro atoms. The zero-order chi connectivity index (χ0) is 13.9. The number of aryl methyl sites for hydroxylation is 2. The molecule has 19 heavy (non-hydrogen) atoms. The van der Waals surface area contributed by atoms with Gasteiger partial charge < -0.3 is 16.8 Å². The van der Waals surface area contributed by atoms with Crippen molar-refractivity contribution in [2.75, 3.05) is 5.32 Å². The van der Waals surface area contributed by atoms with E-state index in [1.54, 1.807) is 0 Å². The molecule has 0 aliphatic heterocycles. The van der Waals surface area contributed by atoms with Gasteiger partial charge in [-0.1, -0.05) is 15.9 Å². The number of carbonyl (C=O) groups excluding carboxylic acids is 2. The molecule has 0 bridgehead atoms.